The molecule has 1 aliphatic rings. The molecule has 0 spiro atoms. The van der Waals surface area contributed by atoms with E-state index in [1.165, 1.54) is 24.7 Å². The van der Waals surface area contributed by atoms with Crippen LogP contribution in [0, 0.1) is 17.8 Å². The van der Waals surface area contributed by atoms with E-state index in [2.05, 4.69) is 26.8 Å². The summed E-state index contributed by atoms with van der Waals surface area (Å²) in [6.45, 7) is 4.85. The second kappa shape index (κ2) is 7.55. The van der Waals surface area contributed by atoms with Crippen LogP contribution in [-0.4, -0.2) is 45.4 Å². The first-order valence-corrected chi connectivity index (χ1v) is 8.05. The summed E-state index contributed by atoms with van der Waals surface area (Å²) in [6, 6.07) is 1.53. The third-order valence-corrected chi connectivity index (χ3v) is 3.81. The van der Waals surface area contributed by atoms with Crippen LogP contribution in [0.4, 0.5) is 10.2 Å². The van der Waals surface area contributed by atoms with Crippen molar-refractivity contribution in [3.63, 3.8) is 0 Å². The lowest BCUT2D eigenvalue weighted by Gasteiger charge is -2.36. The molecule has 6 nitrogen and oxygen atoms in total. The molecule has 1 aliphatic heterocycles. The molecule has 1 N–H and O–H groups in total. The van der Waals surface area contributed by atoms with Crippen molar-refractivity contribution in [3.8, 4) is 11.8 Å². The molecule has 0 bridgehead atoms. The van der Waals surface area contributed by atoms with Crippen LogP contribution in [-0.2, 0) is 11.3 Å². The summed E-state index contributed by atoms with van der Waals surface area (Å²) >= 11 is 0. The number of nitrogens with zero attached hydrogens (tertiary/aromatic N) is 4. The largest absolute Gasteiger partial charge is 0.392 e. The highest BCUT2D eigenvalue weighted by molar-refractivity contribution is 5.52. The lowest BCUT2D eigenvalue weighted by molar-refractivity contribution is -0.00561. The highest BCUT2D eigenvalue weighted by Gasteiger charge is 2.25. The number of hydrogen-bond acceptors (Lipinski definition) is 6. The van der Waals surface area contributed by atoms with Crippen molar-refractivity contribution in [1.82, 2.24) is 15.0 Å². The Morgan fingerprint density at radius 2 is 2.04 bits per heavy atom. The zero-order chi connectivity index (χ0) is 17.8. The van der Waals surface area contributed by atoms with Gasteiger partial charge < -0.3 is 14.7 Å². The van der Waals surface area contributed by atoms with Crippen LogP contribution in [0.2, 0.25) is 0 Å². The Labute approximate surface area is 145 Å². The van der Waals surface area contributed by atoms with E-state index in [0.717, 1.165) is 0 Å². The van der Waals surface area contributed by atoms with Gasteiger partial charge in [0.1, 0.15) is 11.5 Å². The predicted molar refractivity (Wildman–Crippen MR) is 90.4 cm³/mol. The third kappa shape index (κ3) is 4.10. The van der Waals surface area contributed by atoms with E-state index in [1.807, 2.05) is 18.7 Å². The minimum Gasteiger partial charge on any atom is -0.392 e. The number of halogens is 1. The number of pyridine rings is 1. The van der Waals surface area contributed by atoms with Gasteiger partial charge in [-0.3, -0.25) is 4.98 Å². The van der Waals surface area contributed by atoms with E-state index in [9.17, 15) is 9.50 Å². The number of hydrogen-bond donors (Lipinski definition) is 1. The first-order valence-electron chi connectivity index (χ1n) is 8.05. The second-order valence-electron chi connectivity index (χ2n) is 5.97. The van der Waals surface area contributed by atoms with Crippen LogP contribution in [0.5, 0.6) is 0 Å². The molecule has 0 unspecified atom stereocenters. The number of rotatable bonds is 2. The maximum atomic E-state index is 14.4. The first-order chi connectivity index (χ1) is 12.1. The van der Waals surface area contributed by atoms with Gasteiger partial charge in [0.25, 0.3) is 0 Å². The van der Waals surface area contributed by atoms with E-state index in [-0.39, 0.29) is 24.4 Å². The Hall–Kier alpha value is -2.56. The zero-order valence-electron chi connectivity index (χ0n) is 14.1. The van der Waals surface area contributed by atoms with Gasteiger partial charge in [-0.05, 0) is 25.8 Å². The van der Waals surface area contributed by atoms with E-state index in [4.69, 9.17) is 4.74 Å². The second-order valence-corrected chi connectivity index (χ2v) is 5.97. The van der Waals surface area contributed by atoms with Gasteiger partial charge in [0.15, 0.2) is 0 Å². The molecule has 2 aromatic heterocycles. The highest BCUT2D eigenvalue weighted by atomic mass is 19.1. The van der Waals surface area contributed by atoms with Crippen molar-refractivity contribution in [2.24, 2.45) is 0 Å². The molecule has 0 amide bonds. The van der Waals surface area contributed by atoms with Crippen molar-refractivity contribution in [3.05, 3.63) is 47.4 Å². The minimum absolute atomic E-state index is 0.0104. The van der Waals surface area contributed by atoms with Crippen molar-refractivity contribution in [1.29, 1.82) is 0 Å². The quantitative estimate of drug-likeness (QED) is 0.659. The fourth-order valence-corrected chi connectivity index (χ4v) is 2.85. The lowest BCUT2D eigenvalue weighted by Crippen LogP contribution is -2.46. The van der Waals surface area contributed by atoms with Gasteiger partial charge >= 0.3 is 0 Å². The molecule has 2 aromatic rings. The predicted octanol–water partition coefficient (Wildman–Crippen LogP) is 1.52. The van der Waals surface area contributed by atoms with Crippen molar-refractivity contribution in [2.75, 3.05) is 18.0 Å². The van der Waals surface area contributed by atoms with Crippen LogP contribution in [0.15, 0.2) is 24.7 Å². The van der Waals surface area contributed by atoms with E-state index >= 15 is 0 Å². The Bertz CT molecular complexity index is 794. The van der Waals surface area contributed by atoms with E-state index < -0.39 is 5.95 Å². The maximum absolute atomic E-state index is 14.4. The van der Waals surface area contributed by atoms with Gasteiger partial charge in [0.05, 0.1) is 30.6 Å². The average Bonchev–Trinajstić information content (AvgIpc) is 2.60. The summed E-state index contributed by atoms with van der Waals surface area (Å²) in [7, 11) is 0. The van der Waals surface area contributed by atoms with Crippen molar-refractivity contribution < 1.29 is 14.2 Å². The Kier molecular flexibility index (Phi) is 5.22. The molecule has 3 rings (SSSR count). The molecule has 1 saturated heterocycles. The molecular formula is C18H19FN4O2. The van der Waals surface area contributed by atoms with E-state index in [0.29, 0.717) is 30.2 Å². The number of ether oxygens (including phenoxy) is 1. The number of morpholine rings is 1. The molecule has 0 saturated carbocycles. The molecule has 0 aliphatic carbocycles. The molecule has 130 valence electrons. The third-order valence-electron chi connectivity index (χ3n) is 3.81. The van der Waals surface area contributed by atoms with Crippen LogP contribution in [0.1, 0.15) is 30.7 Å². The number of aliphatic hydroxyl groups is 1. The first kappa shape index (κ1) is 17.3. The number of aromatic nitrogens is 3. The van der Waals surface area contributed by atoms with Crippen LogP contribution < -0.4 is 4.90 Å². The van der Waals surface area contributed by atoms with Crippen LogP contribution in [0.3, 0.4) is 0 Å². The minimum atomic E-state index is -0.671. The summed E-state index contributed by atoms with van der Waals surface area (Å²) in [5, 5.41) is 9.69. The zero-order valence-corrected chi connectivity index (χ0v) is 14.1. The van der Waals surface area contributed by atoms with Gasteiger partial charge in [-0.1, -0.05) is 5.92 Å². The van der Waals surface area contributed by atoms with Gasteiger partial charge in [-0.15, -0.1) is 0 Å². The van der Waals surface area contributed by atoms with Gasteiger partial charge in [0, 0.05) is 31.0 Å². The molecule has 3 heterocycles. The number of anilines is 1. The van der Waals surface area contributed by atoms with Crippen molar-refractivity contribution >= 4 is 5.82 Å². The fraction of sp³-hybridized carbons (Fsp3) is 0.389. The molecular weight excluding hydrogens is 323 g/mol. The topological polar surface area (TPSA) is 71.4 Å². The average molecular weight is 342 g/mol. The van der Waals surface area contributed by atoms with E-state index in [1.54, 1.807) is 0 Å². The molecule has 1 fully saturated rings. The summed E-state index contributed by atoms with van der Waals surface area (Å²) in [4.78, 5) is 13.9. The monoisotopic (exact) mass is 342 g/mol. The number of aliphatic hydroxyl groups excluding tert-OH is 1. The summed E-state index contributed by atoms with van der Waals surface area (Å²) in [5.74, 6) is 5.22. The van der Waals surface area contributed by atoms with Gasteiger partial charge in [-0.2, -0.15) is 4.39 Å². The molecule has 2 atom stereocenters. The molecule has 25 heavy (non-hydrogen) atoms. The fourth-order valence-electron chi connectivity index (χ4n) is 2.85. The normalized spacial score (nSPS) is 20.1. The van der Waals surface area contributed by atoms with Gasteiger partial charge in [0.2, 0.25) is 5.95 Å². The standard InChI is InChI=1S/C18H19FN4O2/c1-12-9-23(10-13(2)25-12)18-15(11-24)7-14(17(19)22-18)3-4-16-8-20-5-6-21-16/h5-8,12-13,24H,9-11H2,1-2H3/t12-,13+. The highest BCUT2D eigenvalue weighted by Crippen LogP contribution is 2.24. The molecule has 0 radical (unpaired) electrons. The van der Waals surface area contributed by atoms with Gasteiger partial charge in [-0.25, -0.2) is 9.97 Å². The van der Waals surface area contributed by atoms with Crippen LogP contribution >= 0.6 is 0 Å². The van der Waals surface area contributed by atoms with Crippen molar-refractivity contribution in [2.45, 2.75) is 32.7 Å². The Morgan fingerprint density at radius 3 is 2.68 bits per heavy atom. The SMILES string of the molecule is C[C@@H]1CN(c2nc(F)c(C#Cc3cnccn3)cc2CO)C[C@H](C)O1. The summed E-state index contributed by atoms with van der Waals surface area (Å²) < 4.78 is 20.1. The van der Waals surface area contributed by atoms with Crippen LogP contribution in [0.25, 0.3) is 0 Å². The molecule has 0 aromatic carbocycles. The smallest absolute Gasteiger partial charge is 0.230 e. The Balaban J connectivity index is 1.92. The summed E-state index contributed by atoms with van der Waals surface area (Å²) in [6.07, 6.45) is 4.57. The maximum Gasteiger partial charge on any atom is 0.230 e. The lowest BCUT2D eigenvalue weighted by atomic mass is 10.1. The Morgan fingerprint density at radius 1 is 1.28 bits per heavy atom. The molecule has 7 heteroatoms. The summed E-state index contributed by atoms with van der Waals surface area (Å²) in [5.41, 5.74) is 1.09.